The maximum Gasteiger partial charge on any atom is 0.242 e. The predicted molar refractivity (Wildman–Crippen MR) is 125 cm³/mol. The summed E-state index contributed by atoms with van der Waals surface area (Å²) < 4.78 is 11.2. The molecule has 2 aromatic rings. The van der Waals surface area contributed by atoms with Crippen molar-refractivity contribution >= 4 is 11.8 Å². The van der Waals surface area contributed by atoms with Gasteiger partial charge in [-0.3, -0.25) is 9.59 Å². The van der Waals surface area contributed by atoms with Crippen LogP contribution in [-0.2, 0) is 22.6 Å². The molecule has 0 spiro atoms. The van der Waals surface area contributed by atoms with Crippen LogP contribution in [0.2, 0.25) is 0 Å². The molecule has 0 unspecified atom stereocenters. The van der Waals surface area contributed by atoms with E-state index in [4.69, 9.17) is 9.47 Å². The average molecular weight is 439 g/mol. The number of nitrogens with one attached hydrogen (secondary N) is 1. The molecule has 1 heterocycles. The summed E-state index contributed by atoms with van der Waals surface area (Å²) in [6, 6.07) is 13.3. The minimum absolute atomic E-state index is 0.0421. The number of aryl methyl sites for hydroxylation is 2. The maximum absolute atomic E-state index is 13.3. The lowest BCUT2D eigenvalue weighted by molar-refractivity contribution is -0.140. The number of amides is 2. The molecule has 0 radical (unpaired) electrons. The Bertz CT molecular complexity index is 928. The number of hydrogen-bond donors (Lipinski definition) is 1. The largest absolute Gasteiger partial charge is 0.486 e. The van der Waals surface area contributed by atoms with Gasteiger partial charge in [0.15, 0.2) is 11.5 Å². The molecule has 6 heteroatoms. The predicted octanol–water partition coefficient (Wildman–Crippen LogP) is 4.03. The summed E-state index contributed by atoms with van der Waals surface area (Å²) >= 11 is 0. The van der Waals surface area contributed by atoms with Crippen molar-refractivity contribution in [3.63, 3.8) is 0 Å². The first-order valence-corrected chi connectivity index (χ1v) is 11.5. The zero-order valence-corrected chi connectivity index (χ0v) is 19.4. The first kappa shape index (κ1) is 23.6. The molecule has 1 N–H and O–H groups in total. The Labute approximate surface area is 190 Å². The van der Waals surface area contributed by atoms with Crippen molar-refractivity contribution in [2.45, 2.75) is 59.0 Å². The number of benzene rings is 2. The molecule has 0 saturated heterocycles. The second-order valence-corrected chi connectivity index (χ2v) is 8.31. The lowest BCUT2D eigenvalue weighted by Gasteiger charge is -2.29. The SMILES string of the molecule is CCCCNC(=O)[C@H](C)N(Cc1cccc(C)c1)C(=O)CCc1ccc2c(c1)OCCO2. The molecule has 3 rings (SSSR count). The van der Waals surface area contributed by atoms with Crippen LogP contribution in [0.25, 0.3) is 0 Å². The Morgan fingerprint density at radius 1 is 1.06 bits per heavy atom. The maximum atomic E-state index is 13.3. The summed E-state index contributed by atoms with van der Waals surface area (Å²) in [6.45, 7) is 8.03. The van der Waals surface area contributed by atoms with Crippen LogP contribution in [0.4, 0.5) is 0 Å². The van der Waals surface area contributed by atoms with E-state index in [-0.39, 0.29) is 11.8 Å². The van der Waals surface area contributed by atoms with E-state index in [0.717, 1.165) is 41.0 Å². The van der Waals surface area contributed by atoms with Crippen molar-refractivity contribution in [3.05, 3.63) is 59.2 Å². The van der Waals surface area contributed by atoms with Crippen molar-refractivity contribution in [2.24, 2.45) is 0 Å². The lowest BCUT2D eigenvalue weighted by Crippen LogP contribution is -2.47. The van der Waals surface area contributed by atoms with Crippen molar-refractivity contribution in [1.82, 2.24) is 10.2 Å². The molecule has 6 nitrogen and oxygen atoms in total. The van der Waals surface area contributed by atoms with Gasteiger partial charge in [0.25, 0.3) is 0 Å². The quantitative estimate of drug-likeness (QED) is 0.569. The van der Waals surface area contributed by atoms with E-state index in [2.05, 4.69) is 18.3 Å². The van der Waals surface area contributed by atoms with Gasteiger partial charge in [0.2, 0.25) is 11.8 Å². The molecule has 32 heavy (non-hydrogen) atoms. The minimum Gasteiger partial charge on any atom is -0.486 e. The molecule has 0 bridgehead atoms. The van der Waals surface area contributed by atoms with Gasteiger partial charge in [-0.15, -0.1) is 0 Å². The first-order valence-electron chi connectivity index (χ1n) is 11.5. The molecule has 2 aromatic carbocycles. The zero-order chi connectivity index (χ0) is 22.9. The van der Waals surface area contributed by atoms with E-state index >= 15 is 0 Å². The summed E-state index contributed by atoms with van der Waals surface area (Å²) in [5.41, 5.74) is 3.16. The number of hydrogen-bond acceptors (Lipinski definition) is 4. The zero-order valence-electron chi connectivity index (χ0n) is 19.4. The molecule has 0 aromatic heterocycles. The fraction of sp³-hybridized carbons (Fsp3) is 0.462. The summed E-state index contributed by atoms with van der Waals surface area (Å²) in [5.74, 6) is 1.31. The smallest absolute Gasteiger partial charge is 0.242 e. The molecule has 0 aliphatic carbocycles. The van der Waals surface area contributed by atoms with Crippen molar-refractivity contribution in [3.8, 4) is 11.5 Å². The second kappa shape index (κ2) is 11.6. The second-order valence-electron chi connectivity index (χ2n) is 8.31. The van der Waals surface area contributed by atoms with Crippen molar-refractivity contribution in [2.75, 3.05) is 19.8 Å². The van der Waals surface area contributed by atoms with E-state index < -0.39 is 6.04 Å². The van der Waals surface area contributed by atoms with Gasteiger partial charge in [0.1, 0.15) is 19.3 Å². The van der Waals surface area contributed by atoms with Gasteiger partial charge in [-0.25, -0.2) is 0 Å². The van der Waals surface area contributed by atoms with Crippen LogP contribution in [0.1, 0.15) is 49.8 Å². The van der Waals surface area contributed by atoms with Crippen molar-refractivity contribution in [1.29, 1.82) is 0 Å². The number of ether oxygens (including phenoxy) is 2. The third-order valence-electron chi connectivity index (χ3n) is 5.67. The van der Waals surface area contributed by atoms with Gasteiger partial charge in [-0.2, -0.15) is 0 Å². The van der Waals surface area contributed by atoms with Crippen LogP contribution < -0.4 is 14.8 Å². The first-order chi connectivity index (χ1) is 15.5. The molecular weight excluding hydrogens is 404 g/mol. The fourth-order valence-corrected chi connectivity index (χ4v) is 3.76. The molecular formula is C26H34N2O4. The Morgan fingerprint density at radius 3 is 2.59 bits per heavy atom. The number of nitrogens with zero attached hydrogens (tertiary/aromatic N) is 1. The normalized spacial score (nSPS) is 13.3. The van der Waals surface area contributed by atoms with Crippen LogP contribution in [0, 0.1) is 6.92 Å². The minimum atomic E-state index is -0.542. The van der Waals surface area contributed by atoms with Gasteiger partial charge in [0, 0.05) is 19.5 Å². The van der Waals surface area contributed by atoms with Crippen LogP contribution in [0.5, 0.6) is 11.5 Å². The van der Waals surface area contributed by atoms with Gasteiger partial charge in [0.05, 0.1) is 0 Å². The highest BCUT2D eigenvalue weighted by Crippen LogP contribution is 2.31. The van der Waals surface area contributed by atoms with Crippen LogP contribution in [0.3, 0.4) is 0 Å². The van der Waals surface area contributed by atoms with E-state index in [9.17, 15) is 9.59 Å². The van der Waals surface area contributed by atoms with Gasteiger partial charge in [-0.1, -0.05) is 49.2 Å². The fourth-order valence-electron chi connectivity index (χ4n) is 3.76. The third kappa shape index (κ3) is 6.49. The Hall–Kier alpha value is -3.02. The van der Waals surface area contributed by atoms with E-state index in [1.54, 1.807) is 11.8 Å². The molecule has 1 aliphatic rings. The van der Waals surface area contributed by atoms with Crippen LogP contribution in [0.15, 0.2) is 42.5 Å². The summed E-state index contributed by atoms with van der Waals surface area (Å²) in [4.78, 5) is 27.7. The van der Waals surface area contributed by atoms with E-state index in [1.807, 2.05) is 43.3 Å². The molecule has 1 aliphatic heterocycles. The topological polar surface area (TPSA) is 67.9 Å². The number of rotatable bonds is 10. The number of carbonyl (C=O) groups is 2. The highest BCUT2D eigenvalue weighted by atomic mass is 16.6. The Balaban J connectivity index is 1.69. The lowest BCUT2D eigenvalue weighted by atomic mass is 10.1. The summed E-state index contributed by atoms with van der Waals surface area (Å²) in [5, 5.41) is 2.96. The van der Waals surface area contributed by atoms with Gasteiger partial charge >= 0.3 is 0 Å². The summed E-state index contributed by atoms with van der Waals surface area (Å²) in [6.07, 6.45) is 2.83. The monoisotopic (exact) mass is 438 g/mol. The number of carbonyl (C=O) groups excluding carboxylic acids is 2. The molecule has 0 fully saturated rings. The van der Waals surface area contributed by atoms with Gasteiger partial charge < -0.3 is 19.7 Å². The standard InChI is InChI=1S/C26H34N2O4/c1-4-5-13-27-26(30)20(3)28(18-22-8-6-7-19(2)16-22)25(29)12-10-21-9-11-23-24(17-21)32-15-14-31-23/h6-9,11,16-17,20H,4-5,10,12-15,18H2,1-3H3,(H,27,30)/t20-/m0/s1. The van der Waals surface area contributed by atoms with E-state index in [0.29, 0.717) is 39.1 Å². The molecule has 0 saturated carbocycles. The Morgan fingerprint density at radius 2 is 1.84 bits per heavy atom. The third-order valence-corrected chi connectivity index (χ3v) is 5.67. The molecule has 2 amide bonds. The highest BCUT2D eigenvalue weighted by molar-refractivity contribution is 5.87. The molecule has 1 atom stereocenters. The van der Waals surface area contributed by atoms with Gasteiger partial charge in [-0.05, 0) is 49.9 Å². The molecule has 172 valence electrons. The van der Waals surface area contributed by atoms with Crippen LogP contribution >= 0.6 is 0 Å². The van der Waals surface area contributed by atoms with Crippen molar-refractivity contribution < 1.29 is 19.1 Å². The number of unbranched alkanes of at least 4 members (excludes halogenated alkanes) is 1. The highest BCUT2D eigenvalue weighted by Gasteiger charge is 2.26. The summed E-state index contributed by atoms with van der Waals surface area (Å²) in [7, 11) is 0. The average Bonchev–Trinajstić information content (AvgIpc) is 2.80. The number of fused-ring (bicyclic) bond motifs is 1. The van der Waals surface area contributed by atoms with Crippen LogP contribution in [-0.4, -0.2) is 42.5 Å². The van der Waals surface area contributed by atoms with E-state index in [1.165, 1.54) is 0 Å². The Kier molecular flexibility index (Phi) is 8.54.